The van der Waals surface area contributed by atoms with Gasteiger partial charge in [-0.05, 0) is 37.3 Å². The van der Waals surface area contributed by atoms with E-state index in [0.717, 1.165) is 24.1 Å². The third kappa shape index (κ3) is 1.99. The molecule has 4 nitrogen and oxygen atoms in total. The highest BCUT2D eigenvalue weighted by Gasteiger charge is 2.28. The fraction of sp³-hybridized carbons (Fsp3) is 0.333. The smallest absolute Gasteiger partial charge is 0.356 e. The number of hydrogen-bond acceptors (Lipinski definition) is 2. The minimum atomic E-state index is -1.05. The standard InChI is InChI=1S/C15H15FN2O2/c1-9-6-7-12-10(8-9)14(15(19)20)17-18(12)13-5-3-2-4-11(13)16/h2-5,9H,6-8H2,1H3,(H,19,20). The van der Waals surface area contributed by atoms with Crippen molar-refractivity contribution in [3.05, 3.63) is 47.0 Å². The van der Waals surface area contributed by atoms with Crippen molar-refractivity contribution in [2.75, 3.05) is 0 Å². The third-order valence-electron chi connectivity index (χ3n) is 3.80. The predicted molar refractivity (Wildman–Crippen MR) is 71.7 cm³/mol. The Balaban J connectivity index is 2.20. The number of fused-ring (bicyclic) bond motifs is 1. The summed E-state index contributed by atoms with van der Waals surface area (Å²) in [5.74, 6) is -1.02. The Morgan fingerprint density at radius 2 is 2.20 bits per heavy atom. The van der Waals surface area contributed by atoms with Gasteiger partial charge < -0.3 is 5.11 Å². The third-order valence-corrected chi connectivity index (χ3v) is 3.80. The lowest BCUT2D eigenvalue weighted by Gasteiger charge is -2.19. The van der Waals surface area contributed by atoms with E-state index < -0.39 is 11.8 Å². The van der Waals surface area contributed by atoms with E-state index in [0.29, 0.717) is 18.0 Å². The average molecular weight is 274 g/mol. The molecule has 0 saturated carbocycles. The van der Waals surface area contributed by atoms with Crippen LogP contribution in [-0.2, 0) is 12.8 Å². The molecule has 2 aromatic rings. The van der Waals surface area contributed by atoms with Gasteiger partial charge in [-0.3, -0.25) is 0 Å². The molecule has 0 fully saturated rings. The maximum atomic E-state index is 13.9. The highest BCUT2D eigenvalue weighted by atomic mass is 19.1. The average Bonchev–Trinajstić information content (AvgIpc) is 2.78. The quantitative estimate of drug-likeness (QED) is 0.916. The van der Waals surface area contributed by atoms with E-state index >= 15 is 0 Å². The molecule has 0 aliphatic heterocycles. The van der Waals surface area contributed by atoms with E-state index in [2.05, 4.69) is 12.0 Å². The molecule has 20 heavy (non-hydrogen) atoms. The summed E-state index contributed by atoms with van der Waals surface area (Å²) < 4.78 is 15.4. The number of aromatic carboxylic acids is 1. The van der Waals surface area contributed by atoms with Crippen LogP contribution in [0.5, 0.6) is 0 Å². The number of nitrogens with zero attached hydrogens (tertiary/aromatic N) is 2. The van der Waals surface area contributed by atoms with Gasteiger partial charge in [0.15, 0.2) is 5.69 Å². The fourth-order valence-electron chi connectivity index (χ4n) is 2.78. The normalized spacial score (nSPS) is 17.8. The van der Waals surface area contributed by atoms with Crippen LogP contribution < -0.4 is 0 Å². The Labute approximate surface area is 115 Å². The van der Waals surface area contributed by atoms with Gasteiger partial charge in [0.1, 0.15) is 11.5 Å². The van der Waals surface area contributed by atoms with Crippen LogP contribution in [0.1, 0.15) is 35.1 Å². The number of carboxylic acids is 1. The van der Waals surface area contributed by atoms with Gasteiger partial charge in [-0.15, -0.1) is 0 Å². The molecule has 5 heteroatoms. The van der Waals surface area contributed by atoms with Crippen molar-refractivity contribution >= 4 is 5.97 Å². The molecule has 0 saturated heterocycles. The van der Waals surface area contributed by atoms with Crippen LogP contribution in [0.3, 0.4) is 0 Å². The fourth-order valence-corrected chi connectivity index (χ4v) is 2.78. The number of hydrogen-bond donors (Lipinski definition) is 1. The second kappa shape index (κ2) is 4.74. The Bertz CT molecular complexity index is 679. The van der Waals surface area contributed by atoms with E-state index in [4.69, 9.17) is 0 Å². The van der Waals surface area contributed by atoms with Crippen molar-refractivity contribution in [1.29, 1.82) is 0 Å². The van der Waals surface area contributed by atoms with Crippen LogP contribution in [0.15, 0.2) is 24.3 Å². The molecule has 3 rings (SSSR count). The van der Waals surface area contributed by atoms with Crippen molar-refractivity contribution < 1.29 is 14.3 Å². The summed E-state index contributed by atoms with van der Waals surface area (Å²) in [5.41, 5.74) is 1.94. The Kier molecular flexibility index (Phi) is 3.04. The molecule has 1 aliphatic rings. The van der Waals surface area contributed by atoms with Crippen molar-refractivity contribution in [2.24, 2.45) is 5.92 Å². The first-order chi connectivity index (χ1) is 9.58. The number of carboxylic acid groups (broad SMARTS) is 1. The molecule has 1 aromatic heterocycles. The number of carbonyl (C=O) groups is 1. The molecule has 0 bridgehead atoms. The molecular weight excluding hydrogens is 259 g/mol. The molecule has 1 N–H and O–H groups in total. The zero-order valence-corrected chi connectivity index (χ0v) is 11.1. The van der Waals surface area contributed by atoms with Crippen molar-refractivity contribution in [3.8, 4) is 5.69 Å². The van der Waals surface area contributed by atoms with Crippen molar-refractivity contribution in [2.45, 2.75) is 26.2 Å². The summed E-state index contributed by atoms with van der Waals surface area (Å²) in [5, 5.41) is 13.4. The maximum absolute atomic E-state index is 13.9. The molecule has 1 unspecified atom stereocenters. The second-order valence-corrected chi connectivity index (χ2v) is 5.29. The zero-order valence-electron chi connectivity index (χ0n) is 11.1. The summed E-state index contributed by atoms with van der Waals surface area (Å²) in [4.78, 5) is 11.3. The number of halogens is 1. The summed E-state index contributed by atoms with van der Waals surface area (Å²) in [7, 11) is 0. The van der Waals surface area contributed by atoms with Gasteiger partial charge in [0.05, 0.1) is 0 Å². The van der Waals surface area contributed by atoms with Crippen LogP contribution in [0.4, 0.5) is 4.39 Å². The summed E-state index contributed by atoms with van der Waals surface area (Å²) in [6, 6.07) is 6.30. The highest BCUT2D eigenvalue weighted by Crippen LogP contribution is 2.30. The van der Waals surface area contributed by atoms with Gasteiger partial charge in [-0.2, -0.15) is 5.10 Å². The lowest BCUT2D eigenvalue weighted by Crippen LogP contribution is -2.15. The van der Waals surface area contributed by atoms with Gasteiger partial charge in [0.2, 0.25) is 0 Å². The second-order valence-electron chi connectivity index (χ2n) is 5.29. The lowest BCUT2D eigenvalue weighted by atomic mass is 9.87. The first kappa shape index (κ1) is 12.8. The van der Waals surface area contributed by atoms with Crippen molar-refractivity contribution in [3.63, 3.8) is 0 Å². The molecule has 0 radical (unpaired) electrons. The molecule has 104 valence electrons. The van der Waals surface area contributed by atoms with E-state index in [1.165, 1.54) is 10.7 Å². The van der Waals surface area contributed by atoms with E-state index in [9.17, 15) is 14.3 Å². The zero-order chi connectivity index (χ0) is 14.3. The maximum Gasteiger partial charge on any atom is 0.356 e. The molecule has 1 aliphatic carbocycles. The van der Waals surface area contributed by atoms with Gasteiger partial charge in [0.25, 0.3) is 0 Å². The lowest BCUT2D eigenvalue weighted by molar-refractivity contribution is 0.0688. The monoisotopic (exact) mass is 274 g/mol. The van der Waals surface area contributed by atoms with Gasteiger partial charge in [-0.25, -0.2) is 13.9 Å². The highest BCUT2D eigenvalue weighted by molar-refractivity contribution is 5.87. The van der Waals surface area contributed by atoms with Crippen LogP contribution >= 0.6 is 0 Å². The SMILES string of the molecule is CC1CCc2c(c(C(=O)O)nn2-c2ccccc2F)C1. The van der Waals surface area contributed by atoms with Crippen LogP contribution in [0.2, 0.25) is 0 Å². The first-order valence-corrected chi connectivity index (χ1v) is 6.67. The van der Waals surface area contributed by atoms with Gasteiger partial charge in [0, 0.05) is 11.3 Å². The molecule has 1 atom stereocenters. The van der Waals surface area contributed by atoms with E-state index in [1.54, 1.807) is 18.2 Å². The Morgan fingerprint density at radius 3 is 2.90 bits per heavy atom. The minimum absolute atomic E-state index is 0.0507. The summed E-state index contributed by atoms with van der Waals surface area (Å²) in [6.07, 6.45) is 2.38. The van der Waals surface area contributed by atoms with E-state index in [-0.39, 0.29) is 5.69 Å². The molecule has 0 spiro atoms. The summed E-state index contributed by atoms with van der Waals surface area (Å²) in [6.45, 7) is 2.09. The molecule has 0 amide bonds. The van der Waals surface area contributed by atoms with Crippen LogP contribution in [-0.4, -0.2) is 20.9 Å². The number of benzene rings is 1. The minimum Gasteiger partial charge on any atom is -0.476 e. The van der Waals surface area contributed by atoms with Crippen molar-refractivity contribution in [1.82, 2.24) is 9.78 Å². The number of aromatic nitrogens is 2. The Morgan fingerprint density at radius 1 is 1.45 bits per heavy atom. The molecule has 1 aromatic carbocycles. The molecular formula is C15H15FN2O2. The predicted octanol–water partition coefficient (Wildman–Crippen LogP) is 2.83. The van der Waals surface area contributed by atoms with Crippen LogP contribution in [0.25, 0.3) is 5.69 Å². The largest absolute Gasteiger partial charge is 0.476 e. The number of rotatable bonds is 2. The summed E-state index contributed by atoms with van der Waals surface area (Å²) >= 11 is 0. The molecule has 1 heterocycles. The topological polar surface area (TPSA) is 55.1 Å². The first-order valence-electron chi connectivity index (χ1n) is 6.67. The van der Waals surface area contributed by atoms with Crippen LogP contribution in [0, 0.1) is 11.7 Å². The van der Waals surface area contributed by atoms with Gasteiger partial charge in [-0.1, -0.05) is 19.1 Å². The van der Waals surface area contributed by atoms with Gasteiger partial charge >= 0.3 is 5.97 Å². The Hall–Kier alpha value is -2.17. The van der Waals surface area contributed by atoms with E-state index in [1.807, 2.05) is 0 Å². The number of para-hydroxylation sites is 1.